The van der Waals surface area contributed by atoms with Crippen LogP contribution in [0.25, 0.3) is 53.9 Å². The summed E-state index contributed by atoms with van der Waals surface area (Å²) in [4.78, 5) is 5.59. The number of hydrogen-bond acceptors (Lipinski definition) is 6. The van der Waals surface area contributed by atoms with Crippen molar-refractivity contribution in [2.24, 2.45) is 0 Å². The summed E-state index contributed by atoms with van der Waals surface area (Å²) >= 11 is 1.78. The minimum Gasteiger partial charge on any atom is -0.277 e. The first-order chi connectivity index (χ1) is 14.3. The van der Waals surface area contributed by atoms with Crippen LogP contribution in [0.3, 0.4) is 0 Å². The van der Waals surface area contributed by atoms with Gasteiger partial charge in [-0.1, -0.05) is 18.2 Å². The Bertz CT molecular complexity index is 1430. The van der Waals surface area contributed by atoms with E-state index in [1.165, 1.54) is 15.0 Å². The molecular weight excluding hydrogens is 382 g/mol. The zero-order chi connectivity index (χ0) is 19.2. The van der Waals surface area contributed by atoms with E-state index < -0.39 is 0 Å². The first kappa shape index (κ1) is 16.1. The molecule has 4 heterocycles. The van der Waals surface area contributed by atoms with Crippen LogP contribution >= 0.6 is 11.3 Å². The van der Waals surface area contributed by atoms with Gasteiger partial charge in [-0.3, -0.25) is 10.1 Å². The van der Waals surface area contributed by atoms with Gasteiger partial charge < -0.3 is 0 Å². The molecule has 8 heteroatoms. The zero-order valence-corrected chi connectivity index (χ0v) is 15.8. The van der Waals surface area contributed by atoms with E-state index in [-0.39, 0.29) is 0 Å². The third kappa shape index (κ3) is 2.69. The monoisotopic (exact) mass is 395 g/mol. The van der Waals surface area contributed by atoms with Crippen LogP contribution in [-0.2, 0) is 0 Å². The van der Waals surface area contributed by atoms with E-state index in [1.54, 1.807) is 17.5 Å². The van der Waals surface area contributed by atoms with Crippen molar-refractivity contribution in [1.82, 2.24) is 35.8 Å². The van der Waals surface area contributed by atoms with Gasteiger partial charge in [0.25, 0.3) is 0 Å². The Balaban J connectivity index is 1.55. The highest BCUT2D eigenvalue weighted by molar-refractivity contribution is 7.22. The number of nitrogens with zero attached hydrogens (tertiary/aromatic N) is 5. The van der Waals surface area contributed by atoms with Crippen molar-refractivity contribution >= 4 is 32.3 Å². The van der Waals surface area contributed by atoms with E-state index >= 15 is 0 Å². The predicted molar refractivity (Wildman–Crippen MR) is 113 cm³/mol. The largest absolute Gasteiger partial charge is 0.277 e. The molecule has 0 atom stereocenters. The quantitative estimate of drug-likeness (QED) is 0.453. The second-order valence-corrected chi connectivity index (χ2v) is 7.80. The van der Waals surface area contributed by atoms with Crippen molar-refractivity contribution in [2.45, 2.75) is 0 Å². The molecule has 0 aliphatic rings. The molecule has 138 valence electrons. The van der Waals surface area contributed by atoms with Crippen LogP contribution in [0.4, 0.5) is 0 Å². The molecule has 0 saturated heterocycles. The van der Waals surface area contributed by atoms with Crippen LogP contribution in [0.15, 0.2) is 67.1 Å². The molecule has 0 saturated carbocycles. The maximum absolute atomic E-state index is 4.39. The smallest absolute Gasteiger partial charge is 0.180 e. The molecule has 6 aromatic rings. The highest BCUT2D eigenvalue weighted by atomic mass is 32.1. The molecule has 6 rings (SSSR count). The van der Waals surface area contributed by atoms with Gasteiger partial charge >= 0.3 is 0 Å². The lowest BCUT2D eigenvalue weighted by molar-refractivity contribution is 0.881. The van der Waals surface area contributed by atoms with Crippen LogP contribution in [0.5, 0.6) is 0 Å². The third-order valence-electron chi connectivity index (χ3n) is 4.93. The lowest BCUT2D eigenvalue weighted by atomic mass is 9.99. The summed E-state index contributed by atoms with van der Waals surface area (Å²) in [5.41, 5.74) is 5.05. The Labute approximate surface area is 168 Å². The van der Waals surface area contributed by atoms with Crippen LogP contribution in [0, 0.1) is 0 Å². The second-order valence-electron chi connectivity index (χ2n) is 6.72. The Morgan fingerprint density at radius 3 is 2.62 bits per heavy atom. The minimum absolute atomic E-state index is 0.591. The Kier molecular flexibility index (Phi) is 3.50. The van der Waals surface area contributed by atoms with Gasteiger partial charge in [0.2, 0.25) is 0 Å². The molecule has 2 N–H and O–H groups in total. The molecule has 29 heavy (non-hydrogen) atoms. The summed E-state index contributed by atoms with van der Waals surface area (Å²) in [6, 6.07) is 17.0. The van der Waals surface area contributed by atoms with E-state index in [1.807, 2.05) is 18.5 Å². The Morgan fingerprint density at radius 1 is 0.793 bits per heavy atom. The average Bonchev–Trinajstić information content (AvgIpc) is 3.53. The summed E-state index contributed by atoms with van der Waals surface area (Å²) in [7, 11) is 0. The van der Waals surface area contributed by atoms with Gasteiger partial charge in [-0.15, -0.1) is 16.4 Å². The van der Waals surface area contributed by atoms with Crippen molar-refractivity contribution < 1.29 is 0 Å². The Hall–Kier alpha value is -3.91. The van der Waals surface area contributed by atoms with Crippen molar-refractivity contribution in [3.05, 3.63) is 67.1 Å². The number of thiophene rings is 1. The number of benzene rings is 2. The molecule has 0 spiro atoms. The molecule has 4 aromatic heterocycles. The first-order valence-corrected chi connectivity index (χ1v) is 9.82. The van der Waals surface area contributed by atoms with Gasteiger partial charge in [0.15, 0.2) is 5.82 Å². The molecule has 0 unspecified atom stereocenters. The molecule has 2 aromatic carbocycles. The van der Waals surface area contributed by atoms with E-state index in [2.05, 4.69) is 78.3 Å². The topological polar surface area (TPSA) is 96.0 Å². The van der Waals surface area contributed by atoms with Gasteiger partial charge in [0.1, 0.15) is 0 Å². The number of rotatable bonds is 3. The van der Waals surface area contributed by atoms with Crippen LogP contribution in [0.2, 0.25) is 0 Å². The molecule has 0 amide bonds. The van der Waals surface area contributed by atoms with Crippen LogP contribution < -0.4 is 0 Å². The van der Waals surface area contributed by atoms with E-state index in [0.717, 1.165) is 33.2 Å². The Morgan fingerprint density at radius 2 is 1.72 bits per heavy atom. The summed E-state index contributed by atoms with van der Waals surface area (Å²) in [5, 5.41) is 23.8. The fourth-order valence-corrected chi connectivity index (χ4v) is 4.63. The third-order valence-corrected chi connectivity index (χ3v) is 6.08. The molecule has 0 bridgehead atoms. The molecular formula is C21H13N7S. The number of H-pyrrole nitrogens is 2. The lowest BCUT2D eigenvalue weighted by Crippen LogP contribution is -1.87. The number of pyridine rings is 1. The fraction of sp³-hybridized carbons (Fsp3) is 0. The number of aromatic amines is 2. The number of tetrazole rings is 1. The number of aromatic nitrogens is 7. The predicted octanol–water partition coefficient (Wildman–Crippen LogP) is 4.69. The molecule has 7 nitrogen and oxygen atoms in total. The van der Waals surface area contributed by atoms with Crippen LogP contribution in [-0.4, -0.2) is 35.8 Å². The average molecular weight is 395 g/mol. The minimum atomic E-state index is 0.591. The second kappa shape index (κ2) is 6.32. The summed E-state index contributed by atoms with van der Waals surface area (Å²) in [6.07, 6.45) is 5.45. The molecule has 0 fully saturated rings. The van der Waals surface area contributed by atoms with E-state index in [0.29, 0.717) is 5.82 Å². The number of nitrogens with one attached hydrogen (secondary N) is 2. The van der Waals surface area contributed by atoms with Crippen molar-refractivity contribution in [1.29, 1.82) is 0 Å². The van der Waals surface area contributed by atoms with Gasteiger partial charge in [-0.25, -0.2) is 5.10 Å². The van der Waals surface area contributed by atoms with Crippen molar-refractivity contribution in [2.75, 3.05) is 0 Å². The van der Waals surface area contributed by atoms with Gasteiger partial charge in [0.05, 0.1) is 11.7 Å². The van der Waals surface area contributed by atoms with E-state index in [4.69, 9.17) is 0 Å². The summed E-state index contributed by atoms with van der Waals surface area (Å²) in [6.45, 7) is 0. The van der Waals surface area contributed by atoms with E-state index in [9.17, 15) is 0 Å². The van der Waals surface area contributed by atoms with Crippen molar-refractivity contribution in [3.63, 3.8) is 0 Å². The zero-order valence-electron chi connectivity index (χ0n) is 15.0. The number of fused-ring (bicyclic) bond motifs is 2. The fourth-order valence-electron chi connectivity index (χ4n) is 3.54. The highest BCUT2D eigenvalue weighted by Gasteiger charge is 2.13. The maximum atomic E-state index is 4.39. The molecule has 0 aliphatic carbocycles. The normalized spacial score (nSPS) is 11.4. The van der Waals surface area contributed by atoms with Gasteiger partial charge in [-0.05, 0) is 51.7 Å². The van der Waals surface area contributed by atoms with Gasteiger partial charge in [-0.2, -0.15) is 5.10 Å². The molecule has 0 radical (unpaired) electrons. The molecule has 0 aliphatic heterocycles. The lowest BCUT2D eigenvalue weighted by Gasteiger charge is -2.07. The number of hydrogen-bond donors (Lipinski definition) is 2. The highest BCUT2D eigenvalue weighted by Crippen LogP contribution is 2.39. The maximum Gasteiger partial charge on any atom is 0.180 e. The summed E-state index contributed by atoms with van der Waals surface area (Å²) in [5.74, 6) is 0.591. The first-order valence-electron chi connectivity index (χ1n) is 9.01. The van der Waals surface area contributed by atoms with Crippen molar-refractivity contribution in [3.8, 4) is 33.0 Å². The van der Waals surface area contributed by atoms with Gasteiger partial charge in [0, 0.05) is 44.0 Å². The summed E-state index contributed by atoms with van der Waals surface area (Å²) < 4.78 is 1.27. The van der Waals surface area contributed by atoms with Crippen LogP contribution in [0.1, 0.15) is 0 Å². The standard InChI is InChI=1S/C21H13N7S/c1-2-4-18-12(3-1)8-19(29-18)17-7-13(5-15-11-23-24-20(15)17)14-6-16(10-22-9-14)21-25-27-28-26-21/h1-11H,(H,23,24)(H,25,26,27,28). The SMILES string of the molecule is c1ccc2sc(-c3cc(-c4cncc(-c5nnn[nH]5)c4)cc4cn[nH]c34)cc2c1.